The highest BCUT2D eigenvalue weighted by molar-refractivity contribution is 8.18. The lowest BCUT2D eigenvalue weighted by Gasteiger charge is -2.51. The lowest BCUT2D eigenvalue weighted by Crippen LogP contribution is -2.52. The van der Waals surface area contributed by atoms with Gasteiger partial charge in [-0.2, -0.15) is 0 Å². The van der Waals surface area contributed by atoms with Crippen molar-refractivity contribution < 1.29 is 33.6 Å². The molecule has 7 nitrogen and oxygen atoms in total. The Labute approximate surface area is 222 Å². The van der Waals surface area contributed by atoms with Gasteiger partial charge in [0.15, 0.2) is 17.5 Å². The van der Waals surface area contributed by atoms with Crippen molar-refractivity contribution >= 4 is 10.9 Å². The van der Waals surface area contributed by atoms with Crippen molar-refractivity contribution in [1.82, 2.24) is 15.0 Å². The molecule has 0 aliphatic carbocycles. The Morgan fingerprint density at radius 2 is 1.79 bits per heavy atom. The monoisotopic (exact) mass is 553 g/mol. The first-order valence-corrected chi connectivity index (χ1v) is 14.2. The fourth-order valence-electron chi connectivity index (χ4n) is 5.47. The molecule has 1 aliphatic heterocycles. The number of nitrogens with zero attached hydrogens (tertiary/aromatic N) is 3. The summed E-state index contributed by atoms with van der Waals surface area (Å²) in [5.74, 6) is -4.15. The predicted octanol–water partition coefficient (Wildman–Crippen LogP) is 3.47. The van der Waals surface area contributed by atoms with Crippen LogP contribution in [0.5, 0.6) is 0 Å². The fourth-order valence-corrected chi connectivity index (χ4v) is 9.19. The lowest BCUT2D eigenvalue weighted by molar-refractivity contribution is 0.00570. The summed E-state index contributed by atoms with van der Waals surface area (Å²) >= 11 is 0. The van der Waals surface area contributed by atoms with Gasteiger partial charge >= 0.3 is 0 Å². The van der Waals surface area contributed by atoms with Gasteiger partial charge in [0.25, 0.3) is 0 Å². The van der Waals surface area contributed by atoms with Gasteiger partial charge in [0, 0.05) is 21.8 Å². The van der Waals surface area contributed by atoms with E-state index in [1.54, 1.807) is 13.8 Å². The van der Waals surface area contributed by atoms with Crippen LogP contribution in [0.15, 0.2) is 42.6 Å². The SMILES string of the molecule is CCCc1ccccc1C([SH]1C[C@H](O)[C@H](n2cc(-c3cc(F)c(F)c(F)c3)nn2)[C@@H](O)[C@H]1CO)C(C)(C)O. The molecule has 2 unspecified atom stereocenters. The molecule has 4 N–H and O–H groups in total. The Hall–Kier alpha value is -2.44. The van der Waals surface area contributed by atoms with Crippen molar-refractivity contribution in [2.75, 3.05) is 12.4 Å². The third-order valence-corrected chi connectivity index (χ3v) is 10.8. The van der Waals surface area contributed by atoms with Gasteiger partial charge in [0.1, 0.15) is 11.7 Å². The minimum atomic E-state index is -1.60. The minimum Gasteiger partial charge on any atom is -0.395 e. The van der Waals surface area contributed by atoms with Crippen LogP contribution in [0.25, 0.3) is 11.3 Å². The van der Waals surface area contributed by atoms with Crippen molar-refractivity contribution in [3.63, 3.8) is 0 Å². The van der Waals surface area contributed by atoms with Crippen LogP contribution in [-0.2, 0) is 6.42 Å². The fraction of sp³-hybridized carbons (Fsp3) is 0.481. The number of hydrogen-bond donors (Lipinski definition) is 5. The number of hydrogen-bond acceptors (Lipinski definition) is 6. The first-order chi connectivity index (χ1) is 18.0. The van der Waals surface area contributed by atoms with Crippen molar-refractivity contribution in [3.05, 3.63) is 71.2 Å². The summed E-state index contributed by atoms with van der Waals surface area (Å²) in [4.78, 5) is 0. The average Bonchev–Trinajstić information content (AvgIpc) is 3.32. The Bertz CT molecular complexity index is 1250. The molecule has 4 rings (SSSR count). The van der Waals surface area contributed by atoms with Crippen LogP contribution in [0.4, 0.5) is 13.2 Å². The van der Waals surface area contributed by atoms with Crippen LogP contribution < -0.4 is 0 Å². The molecule has 11 heteroatoms. The second kappa shape index (κ2) is 11.4. The molecule has 2 aromatic carbocycles. The second-order valence-corrected chi connectivity index (χ2v) is 12.9. The lowest BCUT2D eigenvalue weighted by atomic mass is 9.92. The number of halogens is 3. The van der Waals surface area contributed by atoms with E-state index < -0.39 is 62.7 Å². The minimum absolute atomic E-state index is 0.0263. The zero-order valence-corrected chi connectivity index (χ0v) is 22.4. The summed E-state index contributed by atoms with van der Waals surface area (Å²) < 4.78 is 42.1. The van der Waals surface area contributed by atoms with Gasteiger partial charge in [-0.25, -0.2) is 28.7 Å². The number of aromatic nitrogens is 3. The van der Waals surface area contributed by atoms with Gasteiger partial charge < -0.3 is 20.4 Å². The summed E-state index contributed by atoms with van der Waals surface area (Å²) in [6.07, 6.45) is 0.652. The van der Waals surface area contributed by atoms with Gasteiger partial charge in [-0.1, -0.05) is 42.8 Å². The molecule has 3 aromatic rings. The number of aryl methyl sites for hydroxylation is 1. The van der Waals surface area contributed by atoms with Gasteiger partial charge in [0.2, 0.25) is 0 Å². The van der Waals surface area contributed by atoms with E-state index in [1.165, 1.54) is 10.9 Å². The largest absolute Gasteiger partial charge is 0.395 e. The van der Waals surface area contributed by atoms with Crippen LogP contribution in [0.1, 0.15) is 49.6 Å². The molecule has 1 aromatic heterocycles. The molecule has 0 saturated carbocycles. The second-order valence-electron chi connectivity index (χ2n) is 10.3. The predicted molar refractivity (Wildman–Crippen MR) is 141 cm³/mol. The van der Waals surface area contributed by atoms with Gasteiger partial charge in [0.05, 0.1) is 30.6 Å². The first-order valence-electron chi connectivity index (χ1n) is 12.6. The van der Waals surface area contributed by atoms with E-state index in [0.29, 0.717) is 0 Å². The van der Waals surface area contributed by atoms with E-state index in [-0.39, 0.29) is 23.6 Å². The molecule has 6 atom stereocenters. The quantitative estimate of drug-likeness (QED) is 0.216. The topological polar surface area (TPSA) is 112 Å². The highest BCUT2D eigenvalue weighted by atomic mass is 32.2. The maximum absolute atomic E-state index is 13.7. The zero-order valence-electron chi connectivity index (χ0n) is 21.5. The molecular weight excluding hydrogens is 519 g/mol. The molecule has 208 valence electrons. The molecule has 1 fully saturated rings. The third-order valence-electron chi connectivity index (χ3n) is 7.11. The molecular formula is C27H34F3N3O4S. The maximum Gasteiger partial charge on any atom is 0.194 e. The van der Waals surface area contributed by atoms with Crippen molar-refractivity contribution in [3.8, 4) is 11.3 Å². The third kappa shape index (κ3) is 5.48. The summed E-state index contributed by atoms with van der Waals surface area (Å²) in [6, 6.07) is 8.38. The highest BCUT2D eigenvalue weighted by Crippen LogP contribution is 2.57. The van der Waals surface area contributed by atoms with E-state index in [1.807, 2.05) is 24.3 Å². The Morgan fingerprint density at radius 3 is 2.39 bits per heavy atom. The molecule has 0 amide bonds. The number of rotatable bonds is 8. The Kier molecular flexibility index (Phi) is 8.53. The molecule has 0 spiro atoms. The van der Waals surface area contributed by atoms with Crippen molar-refractivity contribution in [2.24, 2.45) is 0 Å². The van der Waals surface area contributed by atoms with E-state index in [2.05, 4.69) is 17.2 Å². The van der Waals surface area contributed by atoms with Crippen LogP contribution in [-0.4, -0.2) is 70.8 Å². The summed E-state index contributed by atoms with van der Waals surface area (Å²) in [7, 11) is -1.34. The van der Waals surface area contributed by atoms with Crippen LogP contribution in [0.2, 0.25) is 0 Å². The van der Waals surface area contributed by atoms with Gasteiger partial charge in [-0.3, -0.25) is 0 Å². The number of aliphatic hydroxyl groups is 4. The highest BCUT2D eigenvalue weighted by Gasteiger charge is 2.49. The van der Waals surface area contributed by atoms with Gasteiger partial charge in [-0.15, -0.1) is 5.10 Å². The van der Waals surface area contributed by atoms with Crippen LogP contribution in [0.3, 0.4) is 0 Å². The van der Waals surface area contributed by atoms with Crippen molar-refractivity contribution in [2.45, 2.75) is 68.0 Å². The smallest absolute Gasteiger partial charge is 0.194 e. The molecule has 0 radical (unpaired) electrons. The van der Waals surface area contributed by atoms with Crippen molar-refractivity contribution in [1.29, 1.82) is 0 Å². The van der Waals surface area contributed by atoms with E-state index in [4.69, 9.17) is 0 Å². The average molecular weight is 554 g/mol. The number of benzene rings is 2. The standard InChI is InChI=1S/C27H34F3N3O4S/c1-4-7-15-8-5-6-9-17(15)26(27(2,3)37)38-14-21(35)24(25(36)22(38)13-34)33-12-20(31-32-33)16-10-18(28)23(30)19(29)11-16/h5-6,8-12,21-22,24-26,34-38H,4,7,13-14H2,1-3H3/t21-,22+,24-,25-,26?/m0/s1. The number of aliphatic hydroxyl groups excluding tert-OH is 3. The summed E-state index contributed by atoms with van der Waals surface area (Å²) in [6.45, 7) is 5.09. The van der Waals surface area contributed by atoms with Crippen LogP contribution >= 0.6 is 10.9 Å². The summed E-state index contributed by atoms with van der Waals surface area (Å²) in [5.41, 5.74) is 0.785. The van der Waals surface area contributed by atoms with E-state index in [0.717, 1.165) is 36.1 Å². The maximum atomic E-state index is 13.7. The molecule has 1 aliphatic rings. The Balaban J connectivity index is 1.69. The van der Waals surface area contributed by atoms with Gasteiger partial charge in [-0.05, 0) is 43.5 Å². The molecule has 1 saturated heterocycles. The molecule has 38 heavy (non-hydrogen) atoms. The number of thiol groups is 1. The Morgan fingerprint density at radius 1 is 1.13 bits per heavy atom. The summed E-state index contributed by atoms with van der Waals surface area (Å²) in [5, 5.41) is 51.1. The molecule has 2 heterocycles. The zero-order chi connectivity index (χ0) is 27.8. The first kappa shape index (κ1) is 28.6. The molecule has 0 bridgehead atoms. The van der Waals surface area contributed by atoms with Crippen LogP contribution in [0, 0.1) is 17.5 Å². The normalized spacial score (nSPS) is 25.9. The van der Waals surface area contributed by atoms with E-state index in [9.17, 15) is 33.6 Å². The van der Waals surface area contributed by atoms with E-state index >= 15 is 0 Å².